The number of benzene rings is 2. The van der Waals surface area contributed by atoms with E-state index in [4.69, 9.17) is 9.68 Å². The Morgan fingerprint density at radius 2 is 1.87 bits per heavy atom. The van der Waals surface area contributed by atoms with Crippen molar-refractivity contribution in [3.05, 3.63) is 89.5 Å². The van der Waals surface area contributed by atoms with Gasteiger partial charge in [0.1, 0.15) is 11.2 Å². The molecule has 0 spiro atoms. The molecule has 1 saturated heterocycles. The molecule has 11 heteroatoms. The van der Waals surface area contributed by atoms with Crippen LogP contribution in [0, 0.1) is 11.3 Å². The molecule has 1 aliphatic heterocycles. The maximum Gasteiger partial charge on any atom is 0.272 e. The number of nitrogens with zero attached hydrogens (tertiary/aromatic N) is 9. The molecule has 1 aliphatic rings. The predicted octanol–water partition coefficient (Wildman–Crippen LogP) is 2.83. The van der Waals surface area contributed by atoms with Crippen LogP contribution in [-0.2, 0) is 7.05 Å². The number of rotatable bonds is 5. The number of piperazine rings is 1. The lowest BCUT2D eigenvalue weighted by Gasteiger charge is -2.38. The summed E-state index contributed by atoms with van der Waals surface area (Å²) < 4.78 is 5.86. The number of oxazole rings is 1. The number of carbonyl (C=O) groups excluding carboxylic acids is 1. The van der Waals surface area contributed by atoms with Gasteiger partial charge >= 0.3 is 0 Å². The molecule has 188 valence electrons. The summed E-state index contributed by atoms with van der Waals surface area (Å²) in [7, 11) is 1.75. The van der Waals surface area contributed by atoms with Gasteiger partial charge in [0.05, 0.1) is 24.7 Å². The van der Waals surface area contributed by atoms with E-state index in [0.29, 0.717) is 65.8 Å². The molecule has 0 radical (unpaired) electrons. The molecule has 6 rings (SSSR count). The van der Waals surface area contributed by atoms with E-state index in [1.165, 1.54) is 4.80 Å². The summed E-state index contributed by atoms with van der Waals surface area (Å²) >= 11 is 0. The van der Waals surface area contributed by atoms with Crippen LogP contribution in [0.2, 0.25) is 0 Å². The van der Waals surface area contributed by atoms with Crippen LogP contribution in [0.15, 0.2) is 71.3 Å². The Kier molecular flexibility index (Phi) is 6.07. The van der Waals surface area contributed by atoms with Gasteiger partial charge in [-0.15, -0.1) is 10.2 Å². The third-order valence-corrected chi connectivity index (χ3v) is 6.59. The zero-order chi connectivity index (χ0) is 26.1. The van der Waals surface area contributed by atoms with Crippen molar-refractivity contribution in [1.29, 1.82) is 5.26 Å². The van der Waals surface area contributed by atoms with Crippen LogP contribution in [0.5, 0.6) is 0 Å². The van der Waals surface area contributed by atoms with Gasteiger partial charge in [0.25, 0.3) is 5.91 Å². The molecule has 0 bridgehead atoms. The highest BCUT2D eigenvalue weighted by atomic mass is 16.3. The Labute approximate surface area is 217 Å². The van der Waals surface area contributed by atoms with Gasteiger partial charge in [-0.05, 0) is 41.1 Å². The van der Waals surface area contributed by atoms with Crippen molar-refractivity contribution >= 4 is 17.0 Å². The summed E-state index contributed by atoms with van der Waals surface area (Å²) in [6.07, 6.45) is 1.58. The predicted molar refractivity (Wildman–Crippen MR) is 137 cm³/mol. The number of hydrogen-bond donors (Lipinski definition) is 0. The number of amides is 1. The Balaban J connectivity index is 1.19. The first-order valence-corrected chi connectivity index (χ1v) is 12.2. The Morgan fingerprint density at radius 1 is 1.05 bits per heavy atom. The van der Waals surface area contributed by atoms with E-state index in [1.807, 2.05) is 18.2 Å². The number of nitriles is 1. The van der Waals surface area contributed by atoms with Gasteiger partial charge in [-0.1, -0.05) is 30.3 Å². The van der Waals surface area contributed by atoms with Gasteiger partial charge in [-0.25, -0.2) is 4.98 Å². The SMILES string of the molecule is Cn1nnc(C(c2ccccc2)N2CCN(C(=O)c3cc(-c4nc5cc(C#N)ccc5o4)ccn3)CC2)n1. The quantitative estimate of drug-likeness (QED) is 0.354. The van der Waals surface area contributed by atoms with E-state index >= 15 is 0 Å². The summed E-state index contributed by atoms with van der Waals surface area (Å²) in [5.74, 6) is 0.856. The lowest BCUT2D eigenvalue weighted by atomic mass is 10.0. The fourth-order valence-corrected chi connectivity index (χ4v) is 4.71. The monoisotopic (exact) mass is 505 g/mol. The van der Waals surface area contributed by atoms with Crippen molar-refractivity contribution in [3.8, 4) is 17.5 Å². The lowest BCUT2D eigenvalue weighted by Crippen LogP contribution is -2.50. The van der Waals surface area contributed by atoms with Gasteiger partial charge in [0.15, 0.2) is 11.4 Å². The van der Waals surface area contributed by atoms with Gasteiger partial charge in [0, 0.05) is 37.9 Å². The molecule has 38 heavy (non-hydrogen) atoms. The van der Waals surface area contributed by atoms with Crippen molar-refractivity contribution < 1.29 is 9.21 Å². The van der Waals surface area contributed by atoms with Crippen LogP contribution in [0.4, 0.5) is 0 Å². The van der Waals surface area contributed by atoms with Crippen LogP contribution < -0.4 is 0 Å². The summed E-state index contributed by atoms with van der Waals surface area (Å²) in [5, 5.41) is 21.9. The van der Waals surface area contributed by atoms with Crippen molar-refractivity contribution in [1.82, 2.24) is 40.0 Å². The first-order valence-electron chi connectivity index (χ1n) is 12.2. The minimum Gasteiger partial charge on any atom is -0.436 e. The van der Waals surface area contributed by atoms with E-state index in [2.05, 4.69) is 48.5 Å². The first kappa shape index (κ1) is 23.4. The van der Waals surface area contributed by atoms with Gasteiger partial charge in [-0.3, -0.25) is 14.7 Å². The van der Waals surface area contributed by atoms with Crippen LogP contribution in [0.1, 0.15) is 33.5 Å². The molecule has 1 amide bonds. The number of hydrogen-bond acceptors (Lipinski definition) is 9. The maximum atomic E-state index is 13.4. The number of carbonyl (C=O) groups is 1. The van der Waals surface area contributed by atoms with E-state index < -0.39 is 0 Å². The van der Waals surface area contributed by atoms with Crippen molar-refractivity contribution in [2.45, 2.75) is 6.04 Å². The average Bonchev–Trinajstić information content (AvgIpc) is 3.59. The molecule has 1 unspecified atom stereocenters. The molecule has 0 aliphatic carbocycles. The number of aryl methyl sites for hydroxylation is 1. The molecular formula is C27H23N9O2. The molecule has 4 heterocycles. The van der Waals surface area contributed by atoms with Crippen LogP contribution in [0.3, 0.4) is 0 Å². The standard InChI is InChI=1S/C27H23N9O2/c1-34-32-25(31-33-34)24(19-5-3-2-4-6-19)35-11-13-36(14-12-35)27(37)22-16-20(9-10-29-22)26-30-21-15-18(17-28)7-8-23(21)38-26/h2-10,15-16,24H,11-14H2,1H3. The highest BCUT2D eigenvalue weighted by molar-refractivity contribution is 5.93. The minimum atomic E-state index is -0.150. The Morgan fingerprint density at radius 3 is 2.61 bits per heavy atom. The number of pyridine rings is 1. The molecule has 1 atom stereocenters. The highest BCUT2D eigenvalue weighted by Gasteiger charge is 2.31. The van der Waals surface area contributed by atoms with Crippen molar-refractivity contribution in [2.24, 2.45) is 7.05 Å². The molecule has 0 saturated carbocycles. The van der Waals surface area contributed by atoms with Crippen LogP contribution in [0.25, 0.3) is 22.6 Å². The van der Waals surface area contributed by atoms with Gasteiger partial charge < -0.3 is 9.32 Å². The molecule has 3 aromatic heterocycles. The molecule has 5 aromatic rings. The maximum absolute atomic E-state index is 13.4. The van der Waals surface area contributed by atoms with Gasteiger partial charge in [0.2, 0.25) is 5.89 Å². The normalized spacial score (nSPS) is 14.9. The third-order valence-electron chi connectivity index (χ3n) is 6.59. The van der Waals surface area contributed by atoms with Crippen molar-refractivity contribution in [2.75, 3.05) is 26.2 Å². The van der Waals surface area contributed by atoms with E-state index in [1.54, 1.807) is 48.5 Å². The largest absolute Gasteiger partial charge is 0.436 e. The van der Waals surface area contributed by atoms with Gasteiger partial charge in [-0.2, -0.15) is 10.1 Å². The van der Waals surface area contributed by atoms with E-state index in [9.17, 15) is 4.79 Å². The first-order chi connectivity index (χ1) is 18.6. The summed E-state index contributed by atoms with van der Waals surface area (Å²) in [4.78, 5) is 27.7. The Hall–Kier alpha value is -4.95. The van der Waals surface area contributed by atoms with Crippen LogP contribution in [-0.4, -0.2) is 72.1 Å². The van der Waals surface area contributed by atoms with E-state index in [0.717, 1.165) is 5.56 Å². The molecule has 2 aromatic carbocycles. The number of fused-ring (bicyclic) bond motifs is 1. The zero-order valence-electron chi connectivity index (χ0n) is 20.6. The molecule has 1 fully saturated rings. The zero-order valence-corrected chi connectivity index (χ0v) is 20.6. The highest BCUT2D eigenvalue weighted by Crippen LogP contribution is 2.28. The fraction of sp³-hybridized carbons (Fsp3) is 0.222. The lowest BCUT2D eigenvalue weighted by molar-refractivity contribution is 0.0586. The molecular weight excluding hydrogens is 482 g/mol. The van der Waals surface area contributed by atoms with Crippen LogP contribution >= 0.6 is 0 Å². The topological polar surface area (TPSA) is 130 Å². The number of aromatic nitrogens is 6. The second kappa shape index (κ2) is 9.84. The Bertz CT molecular complexity index is 1650. The third kappa shape index (κ3) is 4.49. The summed E-state index contributed by atoms with van der Waals surface area (Å²) in [6.45, 7) is 2.37. The average molecular weight is 506 g/mol. The molecule has 11 nitrogen and oxygen atoms in total. The molecule has 0 N–H and O–H groups in total. The fourth-order valence-electron chi connectivity index (χ4n) is 4.71. The summed E-state index contributed by atoms with van der Waals surface area (Å²) in [5.41, 5.74) is 3.72. The smallest absolute Gasteiger partial charge is 0.272 e. The van der Waals surface area contributed by atoms with Crippen molar-refractivity contribution in [3.63, 3.8) is 0 Å². The van der Waals surface area contributed by atoms with E-state index in [-0.39, 0.29) is 11.9 Å². The second-order valence-corrected chi connectivity index (χ2v) is 9.02. The summed E-state index contributed by atoms with van der Waals surface area (Å²) in [6, 6.07) is 20.6. The number of tetrazole rings is 1. The minimum absolute atomic E-state index is 0.149. The second-order valence-electron chi connectivity index (χ2n) is 9.02.